The minimum atomic E-state index is 0.632. The number of carbonyl (C=O) groups is 1. The molecule has 0 aliphatic carbocycles. The third-order valence-electron chi connectivity index (χ3n) is 1.58. The van der Waals surface area contributed by atoms with Crippen LogP contribution in [0.2, 0.25) is 0 Å². The molecule has 8 heavy (non-hydrogen) atoms. The standard InChI is InChI=1S/C7H14O/c1-3-7(4-2)5-6-8/h6-7H,3-5H2,1-2H3. The van der Waals surface area contributed by atoms with Gasteiger partial charge in [0, 0.05) is 6.42 Å². The molecule has 0 unspecified atom stereocenters. The Morgan fingerprint density at radius 2 is 1.88 bits per heavy atom. The van der Waals surface area contributed by atoms with Crippen molar-refractivity contribution < 1.29 is 4.79 Å². The summed E-state index contributed by atoms with van der Waals surface area (Å²) in [7, 11) is 0. The Morgan fingerprint density at radius 3 is 2.00 bits per heavy atom. The molecule has 0 radical (unpaired) electrons. The highest BCUT2D eigenvalue weighted by atomic mass is 16.1. The van der Waals surface area contributed by atoms with E-state index in [-0.39, 0.29) is 0 Å². The molecule has 1 nitrogen and oxygen atoms in total. The van der Waals surface area contributed by atoms with E-state index in [0.29, 0.717) is 5.92 Å². The highest BCUT2D eigenvalue weighted by Gasteiger charge is 1.99. The Kier molecular flexibility index (Phi) is 4.62. The fraction of sp³-hybridized carbons (Fsp3) is 0.857. The zero-order chi connectivity index (χ0) is 6.41. The molecule has 0 amide bonds. The van der Waals surface area contributed by atoms with E-state index < -0.39 is 0 Å². The molecule has 0 bridgehead atoms. The lowest BCUT2D eigenvalue weighted by Gasteiger charge is -2.04. The van der Waals surface area contributed by atoms with Crippen molar-refractivity contribution in [3.8, 4) is 0 Å². The molecule has 0 aromatic carbocycles. The molecular formula is C7H14O. The van der Waals surface area contributed by atoms with E-state index in [1.54, 1.807) is 0 Å². The van der Waals surface area contributed by atoms with Crippen LogP contribution in [0.15, 0.2) is 0 Å². The lowest BCUT2D eigenvalue weighted by molar-refractivity contribution is -0.108. The van der Waals surface area contributed by atoms with Gasteiger partial charge in [-0.05, 0) is 5.92 Å². The number of hydrogen-bond donors (Lipinski definition) is 0. The summed E-state index contributed by atoms with van der Waals surface area (Å²) in [5.41, 5.74) is 0. The maximum Gasteiger partial charge on any atom is 0.120 e. The quantitative estimate of drug-likeness (QED) is 0.511. The van der Waals surface area contributed by atoms with E-state index >= 15 is 0 Å². The van der Waals surface area contributed by atoms with Gasteiger partial charge in [-0.3, -0.25) is 0 Å². The predicted octanol–water partition coefficient (Wildman–Crippen LogP) is 2.01. The van der Waals surface area contributed by atoms with Gasteiger partial charge < -0.3 is 4.79 Å². The van der Waals surface area contributed by atoms with Crippen LogP contribution >= 0.6 is 0 Å². The van der Waals surface area contributed by atoms with Crippen LogP contribution < -0.4 is 0 Å². The molecule has 0 aromatic heterocycles. The monoisotopic (exact) mass is 114 g/mol. The first-order chi connectivity index (χ1) is 3.85. The van der Waals surface area contributed by atoms with Crippen LogP contribution in [0.5, 0.6) is 0 Å². The Hall–Kier alpha value is -0.330. The first-order valence-corrected chi connectivity index (χ1v) is 3.28. The first-order valence-electron chi connectivity index (χ1n) is 3.28. The van der Waals surface area contributed by atoms with Crippen molar-refractivity contribution in [2.45, 2.75) is 33.1 Å². The SMILES string of the molecule is CCC(CC)CC=O. The van der Waals surface area contributed by atoms with Gasteiger partial charge in [-0.15, -0.1) is 0 Å². The Balaban J connectivity index is 3.20. The molecule has 0 saturated heterocycles. The Bertz CT molecular complexity index is 55.4. The van der Waals surface area contributed by atoms with Crippen molar-refractivity contribution >= 4 is 6.29 Å². The van der Waals surface area contributed by atoms with Crippen molar-refractivity contribution in [1.29, 1.82) is 0 Å². The zero-order valence-electron chi connectivity index (χ0n) is 5.68. The van der Waals surface area contributed by atoms with Crippen LogP contribution in [0.1, 0.15) is 33.1 Å². The first kappa shape index (κ1) is 7.67. The Morgan fingerprint density at radius 1 is 1.38 bits per heavy atom. The summed E-state index contributed by atoms with van der Waals surface area (Å²) in [4.78, 5) is 9.93. The maximum atomic E-state index is 9.93. The average molecular weight is 114 g/mol. The molecule has 0 heterocycles. The highest BCUT2D eigenvalue weighted by Crippen LogP contribution is 2.09. The molecular weight excluding hydrogens is 100 g/mol. The minimum Gasteiger partial charge on any atom is -0.303 e. The molecule has 0 aromatic rings. The largest absolute Gasteiger partial charge is 0.303 e. The van der Waals surface area contributed by atoms with Crippen LogP contribution in [-0.2, 0) is 4.79 Å². The van der Waals surface area contributed by atoms with E-state index in [4.69, 9.17) is 0 Å². The molecule has 0 N–H and O–H groups in total. The molecule has 0 rings (SSSR count). The number of rotatable bonds is 4. The summed E-state index contributed by atoms with van der Waals surface area (Å²) in [6.07, 6.45) is 4.02. The topological polar surface area (TPSA) is 17.1 Å². The third-order valence-corrected chi connectivity index (χ3v) is 1.58. The second-order valence-corrected chi connectivity index (χ2v) is 2.08. The normalized spacial score (nSPS) is 9.88. The lowest BCUT2D eigenvalue weighted by atomic mass is 10.0. The number of aldehydes is 1. The molecule has 0 atom stereocenters. The second kappa shape index (κ2) is 4.82. The summed E-state index contributed by atoms with van der Waals surface area (Å²) in [6.45, 7) is 4.25. The summed E-state index contributed by atoms with van der Waals surface area (Å²) in [6, 6.07) is 0. The zero-order valence-corrected chi connectivity index (χ0v) is 5.68. The second-order valence-electron chi connectivity index (χ2n) is 2.08. The van der Waals surface area contributed by atoms with Crippen LogP contribution in [0.4, 0.5) is 0 Å². The molecule has 0 aliphatic heterocycles. The minimum absolute atomic E-state index is 0.632. The van der Waals surface area contributed by atoms with Gasteiger partial charge in [0.2, 0.25) is 0 Å². The molecule has 0 fully saturated rings. The lowest BCUT2D eigenvalue weighted by Crippen LogP contribution is -1.95. The van der Waals surface area contributed by atoms with Crippen LogP contribution in [0.25, 0.3) is 0 Å². The van der Waals surface area contributed by atoms with E-state index in [2.05, 4.69) is 13.8 Å². The molecule has 0 aliphatic rings. The fourth-order valence-electron chi connectivity index (χ4n) is 0.758. The van der Waals surface area contributed by atoms with Crippen LogP contribution in [0.3, 0.4) is 0 Å². The van der Waals surface area contributed by atoms with E-state index in [1.807, 2.05) is 0 Å². The smallest absolute Gasteiger partial charge is 0.120 e. The van der Waals surface area contributed by atoms with Crippen molar-refractivity contribution in [3.05, 3.63) is 0 Å². The summed E-state index contributed by atoms with van der Waals surface area (Å²) in [5.74, 6) is 0.632. The average Bonchev–Trinajstić information content (AvgIpc) is 1.83. The van der Waals surface area contributed by atoms with Crippen molar-refractivity contribution in [1.82, 2.24) is 0 Å². The summed E-state index contributed by atoms with van der Waals surface area (Å²) >= 11 is 0. The fourth-order valence-corrected chi connectivity index (χ4v) is 0.758. The van der Waals surface area contributed by atoms with E-state index in [1.165, 1.54) is 0 Å². The van der Waals surface area contributed by atoms with Crippen molar-refractivity contribution in [2.24, 2.45) is 5.92 Å². The van der Waals surface area contributed by atoms with Gasteiger partial charge in [-0.25, -0.2) is 0 Å². The predicted molar refractivity (Wildman–Crippen MR) is 34.8 cm³/mol. The van der Waals surface area contributed by atoms with Crippen molar-refractivity contribution in [2.75, 3.05) is 0 Å². The van der Waals surface area contributed by atoms with E-state index in [0.717, 1.165) is 25.5 Å². The van der Waals surface area contributed by atoms with Gasteiger partial charge in [-0.2, -0.15) is 0 Å². The molecule has 0 saturated carbocycles. The van der Waals surface area contributed by atoms with E-state index in [9.17, 15) is 4.79 Å². The van der Waals surface area contributed by atoms with Gasteiger partial charge in [-0.1, -0.05) is 26.7 Å². The van der Waals surface area contributed by atoms with Gasteiger partial charge in [0.15, 0.2) is 0 Å². The van der Waals surface area contributed by atoms with Gasteiger partial charge in [0.25, 0.3) is 0 Å². The van der Waals surface area contributed by atoms with Gasteiger partial charge in [0.1, 0.15) is 6.29 Å². The Labute approximate surface area is 51.1 Å². The molecule has 48 valence electrons. The number of hydrogen-bond acceptors (Lipinski definition) is 1. The molecule has 0 spiro atoms. The number of carbonyl (C=O) groups excluding carboxylic acids is 1. The van der Waals surface area contributed by atoms with Crippen molar-refractivity contribution in [3.63, 3.8) is 0 Å². The highest BCUT2D eigenvalue weighted by molar-refractivity contribution is 5.49. The van der Waals surface area contributed by atoms with Gasteiger partial charge in [0.05, 0.1) is 0 Å². The summed E-state index contributed by atoms with van der Waals surface area (Å²) in [5, 5.41) is 0. The maximum absolute atomic E-state index is 9.93. The van der Waals surface area contributed by atoms with Gasteiger partial charge >= 0.3 is 0 Å². The third kappa shape index (κ3) is 2.78. The van der Waals surface area contributed by atoms with Crippen LogP contribution in [-0.4, -0.2) is 6.29 Å². The summed E-state index contributed by atoms with van der Waals surface area (Å²) < 4.78 is 0. The van der Waals surface area contributed by atoms with Crippen LogP contribution in [0, 0.1) is 5.92 Å². The molecule has 1 heteroatoms.